The van der Waals surface area contributed by atoms with Crippen LogP contribution >= 0.6 is 12.4 Å². The molecule has 2 rings (SSSR count). The number of carbonyl (C=O) groups excluding carboxylic acids is 2. The highest BCUT2D eigenvalue weighted by Gasteiger charge is 2.13. The molecule has 0 fully saturated rings. The molecule has 7 nitrogen and oxygen atoms in total. The predicted octanol–water partition coefficient (Wildman–Crippen LogP) is 2.60. The van der Waals surface area contributed by atoms with E-state index in [1.807, 2.05) is 13.8 Å². The Labute approximate surface area is 171 Å². The maximum Gasteiger partial charge on any atom is 0.262 e. The van der Waals surface area contributed by atoms with Crippen molar-refractivity contribution in [1.82, 2.24) is 5.32 Å². The van der Waals surface area contributed by atoms with Crippen molar-refractivity contribution in [2.45, 2.75) is 19.4 Å². The molecule has 0 saturated heterocycles. The first-order chi connectivity index (χ1) is 12.8. The van der Waals surface area contributed by atoms with E-state index in [-0.39, 0.29) is 30.8 Å². The second-order valence-corrected chi connectivity index (χ2v) is 6.76. The molecule has 0 aromatic heterocycles. The molecule has 0 spiro atoms. The summed E-state index contributed by atoms with van der Waals surface area (Å²) in [7, 11) is 1.56. The molecule has 0 aliphatic heterocycles. The highest BCUT2D eigenvalue weighted by atomic mass is 35.5. The number of rotatable bonds is 8. The number of nitrogens with one attached hydrogen (secondary N) is 2. The Morgan fingerprint density at radius 3 is 2.36 bits per heavy atom. The number of nitrogens with two attached hydrogens (primary N) is 1. The van der Waals surface area contributed by atoms with Gasteiger partial charge in [0.05, 0.1) is 7.11 Å². The predicted molar refractivity (Wildman–Crippen MR) is 111 cm³/mol. The van der Waals surface area contributed by atoms with Gasteiger partial charge in [-0.05, 0) is 50.2 Å². The third-order valence-electron chi connectivity index (χ3n) is 3.54. The monoisotopic (exact) mass is 407 g/mol. The average Bonchev–Trinajstić information content (AvgIpc) is 2.64. The highest BCUT2D eigenvalue weighted by Crippen LogP contribution is 2.17. The lowest BCUT2D eigenvalue weighted by molar-refractivity contribution is -0.118. The van der Waals surface area contributed by atoms with E-state index in [0.29, 0.717) is 29.3 Å². The molecule has 2 aromatic carbocycles. The van der Waals surface area contributed by atoms with E-state index >= 15 is 0 Å². The van der Waals surface area contributed by atoms with E-state index in [2.05, 4.69) is 10.6 Å². The van der Waals surface area contributed by atoms with Gasteiger partial charge in [-0.25, -0.2) is 0 Å². The third kappa shape index (κ3) is 7.85. The zero-order valence-electron chi connectivity index (χ0n) is 16.2. The lowest BCUT2D eigenvalue weighted by Gasteiger charge is -2.18. The van der Waals surface area contributed by atoms with Crippen LogP contribution in [0.25, 0.3) is 0 Å². The van der Waals surface area contributed by atoms with Crippen molar-refractivity contribution in [2.24, 2.45) is 5.73 Å². The Kier molecular flexibility index (Phi) is 8.76. The summed E-state index contributed by atoms with van der Waals surface area (Å²) in [6, 6.07) is 13.6. The standard InChI is InChI=1S/C20H25N3O4.ClH/c1-20(2,21)13-22-19(25)14-7-9-16(10-8-14)27-12-18(24)23-15-5-4-6-17(11-15)26-3;/h4-11H,12-13,21H2,1-3H3,(H,22,25)(H,23,24);1H. The lowest BCUT2D eigenvalue weighted by Crippen LogP contribution is -2.45. The number of anilines is 1. The number of hydrogen-bond acceptors (Lipinski definition) is 5. The Balaban J connectivity index is 0.00000392. The minimum Gasteiger partial charge on any atom is -0.497 e. The van der Waals surface area contributed by atoms with Gasteiger partial charge in [0.15, 0.2) is 6.61 Å². The summed E-state index contributed by atoms with van der Waals surface area (Å²) in [5, 5.41) is 5.49. The SMILES string of the molecule is COc1cccc(NC(=O)COc2ccc(C(=O)NCC(C)(C)N)cc2)c1.Cl. The molecule has 0 atom stereocenters. The first kappa shape index (κ1) is 23.3. The van der Waals surface area contributed by atoms with Gasteiger partial charge < -0.3 is 25.8 Å². The fourth-order valence-electron chi connectivity index (χ4n) is 2.16. The third-order valence-corrected chi connectivity index (χ3v) is 3.54. The van der Waals surface area contributed by atoms with Crippen LogP contribution in [0.15, 0.2) is 48.5 Å². The summed E-state index contributed by atoms with van der Waals surface area (Å²) in [5.74, 6) is 0.637. The Bertz CT molecular complexity index is 789. The van der Waals surface area contributed by atoms with Gasteiger partial charge in [-0.15, -0.1) is 12.4 Å². The highest BCUT2D eigenvalue weighted by molar-refractivity contribution is 5.94. The van der Waals surface area contributed by atoms with Crippen LogP contribution in [0.2, 0.25) is 0 Å². The number of methoxy groups -OCH3 is 1. The molecule has 0 aliphatic rings. The van der Waals surface area contributed by atoms with E-state index in [0.717, 1.165) is 0 Å². The van der Waals surface area contributed by atoms with Crippen LogP contribution in [0.5, 0.6) is 11.5 Å². The minimum absolute atomic E-state index is 0. The Morgan fingerprint density at radius 1 is 1.07 bits per heavy atom. The largest absolute Gasteiger partial charge is 0.497 e. The zero-order valence-corrected chi connectivity index (χ0v) is 17.0. The quantitative estimate of drug-likeness (QED) is 0.624. The number of hydrogen-bond donors (Lipinski definition) is 3. The molecule has 2 aromatic rings. The average molecular weight is 408 g/mol. The van der Waals surface area contributed by atoms with E-state index in [9.17, 15) is 9.59 Å². The van der Waals surface area contributed by atoms with Gasteiger partial charge in [0.2, 0.25) is 0 Å². The van der Waals surface area contributed by atoms with Crippen molar-refractivity contribution in [3.63, 3.8) is 0 Å². The van der Waals surface area contributed by atoms with Crippen LogP contribution < -0.4 is 25.8 Å². The number of carbonyl (C=O) groups is 2. The van der Waals surface area contributed by atoms with Gasteiger partial charge in [0.1, 0.15) is 11.5 Å². The summed E-state index contributed by atoms with van der Waals surface area (Å²) in [6.07, 6.45) is 0. The molecule has 4 N–H and O–H groups in total. The zero-order chi connectivity index (χ0) is 19.9. The molecule has 0 unspecified atom stereocenters. The van der Waals surface area contributed by atoms with Crippen LogP contribution in [0.1, 0.15) is 24.2 Å². The molecule has 0 radical (unpaired) electrons. The minimum atomic E-state index is -0.477. The van der Waals surface area contributed by atoms with Gasteiger partial charge in [-0.3, -0.25) is 9.59 Å². The van der Waals surface area contributed by atoms with E-state index in [1.165, 1.54) is 0 Å². The summed E-state index contributed by atoms with van der Waals surface area (Å²) < 4.78 is 10.6. The number of ether oxygens (including phenoxy) is 2. The summed E-state index contributed by atoms with van der Waals surface area (Å²) >= 11 is 0. The van der Waals surface area contributed by atoms with Crippen molar-refractivity contribution in [1.29, 1.82) is 0 Å². The number of amides is 2. The van der Waals surface area contributed by atoms with Crippen LogP contribution in [0.3, 0.4) is 0 Å². The van der Waals surface area contributed by atoms with Crippen molar-refractivity contribution in [3.05, 3.63) is 54.1 Å². The second-order valence-electron chi connectivity index (χ2n) is 6.76. The maximum absolute atomic E-state index is 12.0. The second kappa shape index (κ2) is 10.5. The van der Waals surface area contributed by atoms with E-state index in [1.54, 1.807) is 55.6 Å². The van der Waals surface area contributed by atoms with Crippen LogP contribution in [0.4, 0.5) is 5.69 Å². The summed E-state index contributed by atoms with van der Waals surface area (Å²) in [5.41, 5.74) is 6.48. The molecular formula is C20H26ClN3O4. The molecule has 8 heteroatoms. The molecule has 0 aliphatic carbocycles. The summed E-state index contributed by atoms with van der Waals surface area (Å²) in [6.45, 7) is 3.89. The summed E-state index contributed by atoms with van der Waals surface area (Å²) in [4.78, 5) is 24.0. The smallest absolute Gasteiger partial charge is 0.262 e. The number of halogens is 1. The van der Waals surface area contributed by atoms with Crippen LogP contribution in [-0.2, 0) is 4.79 Å². The van der Waals surface area contributed by atoms with Gasteiger partial charge in [0.25, 0.3) is 11.8 Å². The van der Waals surface area contributed by atoms with Gasteiger partial charge in [0, 0.05) is 29.4 Å². The lowest BCUT2D eigenvalue weighted by atomic mass is 10.1. The molecular weight excluding hydrogens is 382 g/mol. The Morgan fingerprint density at radius 2 is 1.75 bits per heavy atom. The molecule has 0 bridgehead atoms. The van der Waals surface area contributed by atoms with Crippen molar-refractivity contribution in [3.8, 4) is 11.5 Å². The normalized spacial score (nSPS) is 10.4. The van der Waals surface area contributed by atoms with Gasteiger partial charge in [-0.1, -0.05) is 6.07 Å². The first-order valence-corrected chi connectivity index (χ1v) is 8.51. The van der Waals surface area contributed by atoms with Gasteiger partial charge in [-0.2, -0.15) is 0 Å². The fourth-order valence-corrected chi connectivity index (χ4v) is 2.16. The van der Waals surface area contributed by atoms with Crippen molar-refractivity contribution >= 4 is 29.9 Å². The Hall–Kier alpha value is -2.77. The first-order valence-electron chi connectivity index (χ1n) is 8.51. The molecule has 152 valence electrons. The van der Waals surface area contributed by atoms with Crippen molar-refractivity contribution < 1.29 is 19.1 Å². The fraction of sp³-hybridized carbons (Fsp3) is 0.300. The maximum atomic E-state index is 12.0. The molecule has 0 heterocycles. The molecule has 28 heavy (non-hydrogen) atoms. The number of benzene rings is 2. The molecule has 2 amide bonds. The van der Waals surface area contributed by atoms with Gasteiger partial charge >= 0.3 is 0 Å². The molecule has 0 saturated carbocycles. The van der Waals surface area contributed by atoms with Crippen LogP contribution in [-0.4, -0.2) is 37.6 Å². The van der Waals surface area contributed by atoms with Crippen LogP contribution in [0, 0.1) is 0 Å². The topological polar surface area (TPSA) is 103 Å². The van der Waals surface area contributed by atoms with E-state index in [4.69, 9.17) is 15.2 Å². The van der Waals surface area contributed by atoms with E-state index < -0.39 is 5.54 Å². The van der Waals surface area contributed by atoms with Crippen molar-refractivity contribution in [2.75, 3.05) is 25.6 Å².